The van der Waals surface area contributed by atoms with Crippen molar-refractivity contribution < 1.29 is 4.79 Å². The molecule has 1 N–H and O–H groups in total. The molecule has 1 atom stereocenters. The summed E-state index contributed by atoms with van der Waals surface area (Å²) in [5.74, 6) is 0.0905. The summed E-state index contributed by atoms with van der Waals surface area (Å²) in [5.41, 5.74) is 0.396. The van der Waals surface area contributed by atoms with Gasteiger partial charge in [-0.25, -0.2) is 0 Å². The first-order valence-electron chi connectivity index (χ1n) is 5.41. The van der Waals surface area contributed by atoms with Crippen molar-refractivity contribution in [1.82, 2.24) is 5.32 Å². The highest BCUT2D eigenvalue weighted by atomic mass is 32.1. The summed E-state index contributed by atoms with van der Waals surface area (Å²) >= 11 is 1.50. The molecule has 0 aliphatic heterocycles. The Hall–Kier alpha value is -0.830. The zero-order valence-corrected chi connectivity index (χ0v) is 10.1. The van der Waals surface area contributed by atoms with E-state index in [0.29, 0.717) is 11.5 Å². The van der Waals surface area contributed by atoms with Crippen LogP contribution < -0.4 is 5.32 Å². The quantitative estimate of drug-likeness (QED) is 0.820. The van der Waals surface area contributed by atoms with Gasteiger partial charge in [-0.3, -0.25) is 4.79 Å². The van der Waals surface area contributed by atoms with Crippen LogP contribution in [0.4, 0.5) is 0 Å². The molecule has 1 fully saturated rings. The molecule has 1 unspecified atom stereocenters. The molecule has 1 aromatic rings. The predicted octanol–water partition coefficient (Wildman–Crippen LogP) is 3.06. The van der Waals surface area contributed by atoms with Crippen LogP contribution >= 0.6 is 11.3 Å². The average Bonchev–Trinajstić information content (AvgIpc) is 2.74. The van der Waals surface area contributed by atoms with Crippen molar-refractivity contribution in [3.8, 4) is 0 Å². The van der Waals surface area contributed by atoms with Crippen molar-refractivity contribution >= 4 is 17.2 Å². The van der Waals surface area contributed by atoms with Gasteiger partial charge in [-0.2, -0.15) is 0 Å². The van der Waals surface area contributed by atoms with Crippen molar-refractivity contribution in [3.63, 3.8) is 0 Å². The van der Waals surface area contributed by atoms with Gasteiger partial charge in [0.25, 0.3) is 5.91 Å². The second kappa shape index (κ2) is 3.97. The molecule has 15 heavy (non-hydrogen) atoms. The Balaban J connectivity index is 1.91. The average molecular weight is 223 g/mol. The van der Waals surface area contributed by atoms with E-state index in [1.165, 1.54) is 17.8 Å². The molecule has 0 spiro atoms. The highest BCUT2D eigenvalue weighted by molar-refractivity contribution is 7.12. The van der Waals surface area contributed by atoms with E-state index in [4.69, 9.17) is 0 Å². The van der Waals surface area contributed by atoms with Crippen LogP contribution in [0.15, 0.2) is 17.5 Å². The molecule has 1 saturated carbocycles. The highest BCUT2D eigenvalue weighted by Gasteiger charge is 2.31. The maximum Gasteiger partial charge on any atom is 0.261 e. The van der Waals surface area contributed by atoms with Crippen molar-refractivity contribution in [2.75, 3.05) is 0 Å². The zero-order valence-electron chi connectivity index (χ0n) is 9.25. The van der Waals surface area contributed by atoms with E-state index in [2.05, 4.69) is 19.2 Å². The summed E-state index contributed by atoms with van der Waals surface area (Å²) in [5, 5.41) is 5.05. The van der Waals surface area contributed by atoms with Crippen LogP contribution in [-0.2, 0) is 0 Å². The van der Waals surface area contributed by atoms with E-state index < -0.39 is 0 Å². The first-order valence-corrected chi connectivity index (χ1v) is 6.29. The summed E-state index contributed by atoms with van der Waals surface area (Å²) in [6, 6.07) is 4.16. The molecular formula is C12H17NOS. The van der Waals surface area contributed by atoms with Crippen LogP contribution in [0, 0.1) is 5.41 Å². The van der Waals surface area contributed by atoms with Gasteiger partial charge in [-0.1, -0.05) is 19.9 Å². The fraction of sp³-hybridized carbons (Fsp3) is 0.583. The Morgan fingerprint density at radius 1 is 1.60 bits per heavy atom. The van der Waals surface area contributed by atoms with Crippen molar-refractivity contribution in [1.29, 1.82) is 0 Å². The van der Waals surface area contributed by atoms with Crippen LogP contribution in [0.2, 0.25) is 0 Å². The molecule has 82 valence electrons. The third-order valence-corrected chi connectivity index (χ3v) is 3.92. The van der Waals surface area contributed by atoms with Gasteiger partial charge in [0, 0.05) is 6.04 Å². The minimum Gasteiger partial charge on any atom is -0.349 e. The van der Waals surface area contributed by atoms with Crippen molar-refractivity contribution in [3.05, 3.63) is 22.4 Å². The second-order valence-corrected chi connectivity index (χ2v) is 6.00. The lowest BCUT2D eigenvalue weighted by molar-refractivity contribution is 0.0940. The van der Waals surface area contributed by atoms with Gasteiger partial charge < -0.3 is 5.32 Å². The lowest BCUT2D eigenvalue weighted by atomic mass is 9.92. The smallest absolute Gasteiger partial charge is 0.261 e. The Kier molecular flexibility index (Phi) is 2.83. The maximum absolute atomic E-state index is 11.8. The van der Waals surface area contributed by atoms with Gasteiger partial charge in [-0.15, -0.1) is 11.3 Å². The number of nitrogens with one attached hydrogen (secondary N) is 1. The van der Waals surface area contributed by atoms with E-state index in [9.17, 15) is 4.79 Å². The molecule has 1 aliphatic carbocycles. The van der Waals surface area contributed by atoms with Gasteiger partial charge in [0.05, 0.1) is 4.88 Å². The second-order valence-electron chi connectivity index (χ2n) is 5.05. The van der Waals surface area contributed by atoms with Gasteiger partial charge in [-0.05, 0) is 36.1 Å². The molecule has 1 amide bonds. The molecule has 1 aromatic heterocycles. The first-order chi connectivity index (χ1) is 7.07. The molecule has 2 nitrogen and oxygen atoms in total. The third-order valence-electron chi connectivity index (χ3n) is 3.05. The monoisotopic (exact) mass is 223 g/mol. The van der Waals surface area contributed by atoms with Crippen LogP contribution in [0.3, 0.4) is 0 Å². The lowest BCUT2D eigenvalue weighted by Crippen LogP contribution is -2.32. The van der Waals surface area contributed by atoms with Crippen LogP contribution in [0.5, 0.6) is 0 Å². The fourth-order valence-corrected chi connectivity index (χ4v) is 2.85. The van der Waals surface area contributed by atoms with Crippen LogP contribution in [0.1, 0.15) is 42.8 Å². The van der Waals surface area contributed by atoms with Gasteiger partial charge in [0.15, 0.2) is 0 Å². The lowest BCUT2D eigenvalue weighted by Gasteiger charge is -2.17. The Labute approximate surface area is 94.7 Å². The number of rotatable bonds is 2. The summed E-state index contributed by atoms with van der Waals surface area (Å²) in [6.07, 6.45) is 3.43. The number of amides is 1. The molecular weight excluding hydrogens is 206 g/mol. The Bertz CT molecular complexity index is 343. The topological polar surface area (TPSA) is 29.1 Å². The SMILES string of the molecule is CC1(C)CCC(NC(=O)c2cccs2)C1. The third kappa shape index (κ3) is 2.59. The van der Waals surface area contributed by atoms with E-state index in [-0.39, 0.29) is 5.91 Å². The molecule has 0 aromatic carbocycles. The van der Waals surface area contributed by atoms with Crippen molar-refractivity contribution in [2.45, 2.75) is 39.2 Å². The molecule has 0 radical (unpaired) electrons. The van der Waals surface area contributed by atoms with E-state index in [1.54, 1.807) is 0 Å². The zero-order chi connectivity index (χ0) is 10.9. The van der Waals surface area contributed by atoms with E-state index >= 15 is 0 Å². The largest absolute Gasteiger partial charge is 0.349 e. The standard InChI is InChI=1S/C12H17NOS/c1-12(2)6-5-9(8-12)13-11(14)10-4-3-7-15-10/h3-4,7,9H,5-6,8H2,1-2H3,(H,13,14). The number of thiophene rings is 1. The number of hydrogen-bond acceptors (Lipinski definition) is 2. The van der Waals surface area contributed by atoms with E-state index in [0.717, 1.165) is 17.7 Å². The first kappa shape index (κ1) is 10.7. The van der Waals surface area contributed by atoms with Gasteiger partial charge in [0.2, 0.25) is 0 Å². The summed E-state index contributed by atoms with van der Waals surface area (Å²) in [7, 11) is 0. The summed E-state index contributed by atoms with van der Waals surface area (Å²) in [6.45, 7) is 4.54. The molecule has 1 aliphatic rings. The molecule has 0 saturated heterocycles. The number of carbonyl (C=O) groups excluding carboxylic acids is 1. The Morgan fingerprint density at radius 2 is 2.40 bits per heavy atom. The normalized spacial score (nSPS) is 24.0. The maximum atomic E-state index is 11.8. The minimum absolute atomic E-state index is 0.0905. The molecule has 2 rings (SSSR count). The Morgan fingerprint density at radius 3 is 2.93 bits per heavy atom. The van der Waals surface area contributed by atoms with Crippen LogP contribution in [-0.4, -0.2) is 11.9 Å². The molecule has 0 bridgehead atoms. The fourth-order valence-electron chi connectivity index (χ4n) is 2.22. The molecule has 3 heteroatoms. The van der Waals surface area contributed by atoms with Crippen LogP contribution in [0.25, 0.3) is 0 Å². The van der Waals surface area contributed by atoms with Gasteiger partial charge >= 0.3 is 0 Å². The highest BCUT2D eigenvalue weighted by Crippen LogP contribution is 2.37. The molecule has 1 heterocycles. The number of carbonyl (C=O) groups is 1. The number of hydrogen-bond donors (Lipinski definition) is 1. The van der Waals surface area contributed by atoms with E-state index in [1.807, 2.05) is 17.5 Å². The minimum atomic E-state index is 0.0905. The predicted molar refractivity (Wildman–Crippen MR) is 63.2 cm³/mol. The van der Waals surface area contributed by atoms with Crippen molar-refractivity contribution in [2.24, 2.45) is 5.41 Å². The summed E-state index contributed by atoms with van der Waals surface area (Å²) < 4.78 is 0. The van der Waals surface area contributed by atoms with Gasteiger partial charge in [0.1, 0.15) is 0 Å². The summed E-state index contributed by atoms with van der Waals surface area (Å²) in [4.78, 5) is 12.6.